The van der Waals surface area contributed by atoms with E-state index in [1.807, 2.05) is 48.5 Å². The number of rotatable bonds is 16. The van der Waals surface area contributed by atoms with E-state index in [4.69, 9.17) is 19.4 Å². The molecular formula is C33H43N7O3. The van der Waals surface area contributed by atoms with Crippen molar-refractivity contribution in [2.45, 2.75) is 38.5 Å². The van der Waals surface area contributed by atoms with Gasteiger partial charge in [0.15, 0.2) is 0 Å². The maximum absolute atomic E-state index is 12.0. The van der Waals surface area contributed by atoms with Crippen LogP contribution in [-0.2, 0) is 9.47 Å². The molecule has 0 radical (unpaired) electrons. The number of nitrogens with zero attached hydrogens (tertiary/aromatic N) is 3. The molecule has 10 heteroatoms. The molecule has 7 rings (SSSR count). The number of amides is 1. The van der Waals surface area contributed by atoms with E-state index in [2.05, 4.69) is 26.3 Å². The van der Waals surface area contributed by atoms with Gasteiger partial charge in [-0.05, 0) is 86.0 Å². The Morgan fingerprint density at radius 2 is 1.26 bits per heavy atom. The Morgan fingerprint density at radius 3 is 1.91 bits per heavy atom. The minimum Gasteiger partial charge on any atom is -0.377 e. The van der Waals surface area contributed by atoms with Crippen molar-refractivity contribution in [2.75, 3.05) is 62.0 Å². The first-order valence-corrected chi connectivity index (χ1v) is 15.7. The van der Waals surface area contributed by atoms with Crippen molar-refractivity contribution in [3.63, 3.8) is 0 Å². The van der Waals surface area contributed by atoms with Gasteiger partial charge < -0.3 is 30.7 Å². The van der Waals surface area contributed by atoms with E-state index in [0.29, 0.717) is 68.3 Å². The first kappa shape index (κ1) is 29.3. The highest BCUT2D eigenvalue weighted by Gasteiger charge is 2.50. The fourth-order valence-electron chi connectivity index (χ4n) is 7.50. The van der Waals surface area contributed by atoms with Crippen molar-refractivity contribution < 1.29 is 14.3 Å². The van der Waals surface area contributed by atoms with Gasteiger partial charge in [-0.15, -0.1) is 0 Å². The van der Waals surface area contributed by atoms with Crippen LogP contribution in [0.15, 0.2) is 60.7 Å². The average Bonchev–Trinajstić information content (AvgIpc) is 3.01. The minimum absolute atomic E-state index is 0.0990. The van der Waals surface area contributed by atoms with Crippen molar-refractivity contribution >= 4 is 29.4 Å². The molecule has 4 saturated carbocycles. The van der Waals surface area contributed by atoms with Crippen LogP contribution < -0.4 is 21.3 Å². The standard InChI is InChI=1S/C33H43N7O3/c41-29(27-7-3-1-4-8-27)34-11-13-42-15-16-43-14-12-35-30-38-31(40-32(39-30)37-28-9-5-2-6-10-28)36-23-33-20-24-17-25(21-33)19-26(18-24)22-33/h1-10,24-26H,11-23H2,(H,34,41)(H3,35,36,37,38,39,40). The number of para-hydroxylation sites is 1. The second-order valence-electron chi connectivity index (χ2n) is 12.3. The Hall–Kier alpha value is -3.76. The highest BCUT2D eigenvalue weighted by Crippen LogP contribution is 2.59. The molecule has 2 aromatic carbocycles. The highest BCUT2D eigenvalue weighted by molar-refractivity contribution is 5.94. The van der Waals surface area contributed by atoms with Crippen LogP contribution in [0, 0.1) is 23.2 Å². The lowest BCUT2D eigenvalue weighted by Crippen LogP contribution is -2.49. The molecule has 0 spiro atoms. The van der Waals surface area contributed by atoms with Crippen LogP contribution in [0.3, 0.4) is 0 Å². The molecule has 10 nitrogen and oxygen atoms in total. The third-order valence-corrected chi connectivity index (χ3v) is 8.92. The van der Waals surface area contributed by atoms with Crippen molar-refractivity contribution in [3.8, 4) is 0 Å². The number of anilines is 4. The van der Waals surface area contributed by atoms with Crippen LogP contribution in [0.4, 0.5) is 23.5 Å². The fourth-order valence-corrected chi connectivity index (χ4v) is 7.50. The first-order chi connectivity index (χ1) is 21.1. The second-order valence-corrected chi connectivity index (χ2v) is 12.3. The van der Waals surface area contributed by atoms with Crippen LogP contribution in [0.25, 0.3) is 0 Å². The normalized spacial score (nSPS) is 23.6. The van der Waals surface area contributed by atoms with Crippen LogP contribution in [0.2, 0.25) is 0 Å². The summed E-state index contributed by atoms with van der Waals surface area (Å²) in [5.74, 6) is 4.24. The Morgan fingerprint density at radius 1 is 0.698 bits per heavy atom. The average molecular weight is 586 g/mol. The van der Waals surface area contributed by atoms with Gasteiger partial charge in [-0.1, -0.05) is 36.4 Å². The van der Waals surface area contributed by atoms with Gasteiger partial charge in [0.1, 0.15) is 0 Å². The van der Waals surface area contributed by atoms with Crippen LogP contribution in [0.1, 0.15) is 48.9 Å². The highest BCUT2D eigenvalue weighted by atomic mass is 16.5. The number of ether oxygens (including phenoxy) is 2. The molecule has 4 aliphatic rings. The second kappa shape index (κ2) is 14.1. The molecule has 1 aromatic heterocycles. The fraction of sp³-hybridized carbons (Fsp3) is 0.515. The van der Waals surface area contributed by atoms with E-state index in [-0.39, 0.29) is 5.91 Å². The van der Waals surface area contributed by atoms with Gasteiger partial charge in [0.2, 0.25) is 17.8 Å². The van der Waals surface area contributed by atoms with Crippen LogP contribution in [0.5, 0.6) is 0 Å². The maximum atomic E-state index is 12.0. The van der Waals surface area contributed by atoms with Crippen molar-refractivity contribution in [3.05, 3.63) is 66.2 Å². The Kier molecular flexibility index (Phi) is 9.64. The summed E-state index contributed by atoms with van der Waals surface area (Å²) in [5.41, 5.74) is 1.95. The molecule has 4 aliphatic carbocycles. The van der Waals surface area contributed by atoms with Crippen molar-refractivity contribution in [1.29, 1.82) is 0 Å². The van der Waals surface area contributed by atoms with Gasteiger partial charge in [-0.2, -0.15) is 15.0 Å². The Balaban J connectivity index is 0.940. The maximum Gasteiger partial charge on any atom is 0.251 e. The summed E-state index contributed by atoms with van der Waals surface area (Å²) in [4.78, 5) is 26.1. The molecule has 1 amide bonds. The van der Waals surface area contributed by atoms with Gasteiger partial charge in [0, 0.05) is 30.9 Å². The van der Waals surface area contributed by atoms with E-state index in [1.165, 1.54) is 38.5 Å². The van der Waals surface area contributed by atoms with Crippen molar-refractivity contribution in [2.24, 2.45) is 23.2 Å². The number of carbonyl (C=O) groups is 1. The van der Waals surface area contributed by atoms with Crippen LogP contribution >= 0.6 is 0 Å². The van der Waals surface area contributed by atoms with E-state index in [0.717, 1.165) is 30.0 Å². The predicted octanol–water partition coefficient (Wildman–Crippen LogP) is 5.12. The quantitative estimate of drug-likeness (QED) is 0.170. The summed E-state index contributed by atoms with van der Waals surface area (Å²) >= 11 is 0. The zero-order chi connectivity index (χ0) is 29.3. The number of nitrogens with one attached hydrogen (secondary N) is 4. The zero-order valence-corrected chi connectivity index (χ0v) is 24.8. The summed E-state index contributed by atoms with van der Waals surface area (Å²) < 4.78 is 11.3. The first-order valence-electron chi connectivity index (χ1n) is 15.7. The smallest absolute Gasteiger partial charge is 0.251 e. The van der Waals surface area contributed by atoms with E-state index < -0.39 is 0 Å². The molecule has 228 valence electrons. The minimum atomic E-state index is -0.0990. The summed E-state index contributed by atoms with van der Waals surface area (Å²) in [6, 6.07) is 19.1. The SMILES string of the molecule is O=C(NCCOCCOCCNc1nc(NCC23CC4CC(CC(C4)C2)C3)nc(Nc2ccccc2)n1)c1ccccc1. The summed E-state index contributed by atoms with van der Waals surface area (Å²) in [5, 5.41) is 13.1. The predicted molar refractivity (Wildman–Crippen MR) is 168 cm³/mol. The molecule has 0 unspecified atom stereocenters. The molecule has 0 atom stereocenters. The molecule has 4 bridgehead atoms. The molecule has 1 heterocycles. The number of benzene rings is 2. The number of hydrogen-bond acceptors (Lipinski definition) is 9. The topological polar surface area (TPSA) is 122 Å². The Labute approximate surface area is 253 Å². The largest absolute Gasteiger partial charge is 0.377 e. The number of aromatic nitrogens is 3. The number of carbonyl (C=O) groups excluding carboxylic acids is 1. The van der Waals surface area contributed by atoms with E-state index >= 15 is 0 Å². The van der Waals surface area contributed by atoms with Gasteiger partial charge >= 0.3 is 0 Å². The van der Waals surface area contributed by atoms with Gasteiger partial charge in [0.25, 0.3) is 5.91 Å². The summed E-state index contributed by atoms with van der Waals surface area (Å²) in [6.45, 7) is 3.76. The molecule has 43 heavy (non-hydrogen) atoms. The molecule has 0 aliphatic heterocycles. The third-order valence-electron chi connectivity index (χ3n) is 8.92. The molecule has 4 N–H and O–H groups in total. The monoisotopic (exact) mass is 585 g/mol. The van der Waals surface area contributed by atoms with Crippen molar-refractivity contribution in [1.82, 2.24) is 20.3 Å². The molecule has 4 fully saturated rings. The molecule has 0 saturated heterocycles. The summed E-state index contributed by atoms with van der Waals surface area (Å²) in [7, 11) is 0. The lowest BCUT2D eigenvalue weighted by atomic mass is 9.49. The Bertz CT molecular complexity index is 1290. The number of hydrogen-bond donors (Lipinski definition) is 4. The van der Waals surface area contributed by atoms with Gasteiger partial charge in [-0.25, -0.2) is 0 Å². The summed E-state index contributed by atoms with van der Waals surface area (Å²) in [6.07, 6.45) is 8.31. The molecule has 3 aromatic rings. The lowest BCUT2D eigenvalue weighted by Gasteiger charge is -2.56. The zero-order valence-electron chi connectivity index (χ0n) is 24.8. The van der Waals surface area contributed by atoms with E-state index in [9.17, 15) is 4.79 Å². The van der Waals surface area contributed by atoms with Gasteiger partial charge in [-0.3, -0.25) is 4.79 Å². The molecular weight excluding hydrogens is 542 g/mol. The van der Waals surface area contributed by atoms with Gasteiger partial charge in [0.05, 0.1) is 26.4 Å². The third kappa shape index (κ3) is 8.20. The van der Waals surface area contributed by atoms with Crippen LogP contribution in [-0.4, -0.2) is 66.9 Å². The lowest BCUT2D eigenvalue weighted by molar-refractivity contribution is -0.0445. The van der Waals surface area contributed by atoms with E-state index in [1.54, 1.807) is 12.1 Å².